The minimum atomic E-state index is 0.240. The molecule has 2 heteroatoms. The SMILES string of the molecule is NC1=C[C@H](S)C=CC1. The molecule has 0 aromatic heterocycles. The van der Waals surface area contributed by atoms with E-state index in [1.54, 1.807) is 0 Å². The van der Waals surface area contributed by atoms with Gasteiger partial charge in [0, 0.05) is 17.4 Å². The minimum Gasteiger partial charge on any atom is -0.402 e. The Morgan fingerprint density at radius 1 is 1.75 bits per heavy atom. The lowest BCUT2D eigenvalue weighted by Gasteiger charge is -2.05. The summed E-state index contributed by atoms with van der Waals surface area (Å²) in [5.41, 5.74) is 6.41. The van der Waals surface area contributed by atoms with E-state index in [1.165, 1.54) is 0 Å². The van der Waals surface area contributed by atoms with Gasteiger partial charge in [0.05, 0.1) is 0 Å². The molecule has 0 fully saturated rings. The maximum atomic E-state index is 5.49. The second kappa shape index (κ2) is 2.27. The number of nitrogens with two attached hydrogens (primary N) is 1. The van der Waals surface area contributed by atoms with Gasteiger partial charge in [0.1, 0.15) is 0 Å². The smallest absolute Gasteiger partial charge is 0.0396 e. The third-order valence-electron chi connectivity index (χ3n) is 1.07. The van der Waals surface area contributed by atoms with Crippen LogP contribution in [0.15, 0.2) is 23.9 Å². The van der Waals surface area contributed by atoms with Gasteiger partial charge in [-0.15, -0.1) is 0 Å². The summed E-state index contributed by atoms with van der Waals surface area (Å²) in [4.78, 5) is 0. The maximum absolute atomic E-state index is 5.49. The number of thiol groups is 1. The summed E-state index contributed by atoms with van der Waals surface area (Å²) in [6.07, 6.45) is 6.90. The van der Waals surface area contributed by atoms with Crippen molar-refractivity contribution in [3.63, 3.8) is 0 Å². The third-order valence-corrected chi connectivity index (χ3v) is 1.39. The highest BCUT2D eigenvalue weighted by Crippen LogP contribution is 2.09. The van der Waals surface area contributed by atoms with E-state index in [9.17, 15) is 0 Å². The average molecular weight is 127 g/mol. The number of hydrogen-bond donors (Lipinski definition) is 2. The van der Waals surface area contributed by atoms with Crippen molar-refractivity contribution in [2.24, 2.45) is 5.73 Å². The second-order valence-corrected chi connectivity index (χ2v) is 2.46. The van der Waals surface area contributed by atoms with E-state index >= 15 is 0 Å². The molecule has 0 unspecified atom stereocenters. The average Bonchev–Trinajstić information content (AvgIpc) is 1.64. The predicted molar refractivity (Wildman–Crippen MR) is 38.8 cm³/mol. The first-order valence-electron chi connectivity index (χ1n) is 2.60. The molecule has 0 amide bonds. The van der Waals surface area contributed by atoms with Crippen molar-refractivity contribution in [3.8, 4) is 0 Å². The van der Waals surface area contributed by atoms with Crippen molar-refractivity contribution >= 4 is 12.6 Å². The van der Waals surface area contributed by atoms with Crippen LogP contribution in [0.5, 0.6) is 0 Å². The van der Waals surface area contributed by atoms with Gasteiger partial charge < -0.3 is 5.73 Å². The number of allylic oxidation sites excluding steroid dienone is 1. The van der Waals surface area contributed by atoms with Crippen LogP contribution < -0.4 is 5.73 Å². The Morgan fingerprint density at radius 3 is 2.88 bits per heavy atom. The first-order valence-corrected chi connectivity index (χ1v) is 3.11. The van der Waals surface area contributed by atoms with Crippen LogP contribution in [-0.4, -0.2) is 5.25 Å². The Bertz CT molecular complexity index is 137. The van der Waals surface area contributed by atoms with E-state index in [0.717, 1.165) is 12.1 Å². The minimum absolute atomic E-state index is 0.240. The van der Waals surface area contributed by atoms with E-state index in [2.05, 4.69) is 12.6 Å². The molecule has 0 spiro atoms. The zero-order valence-electron chi connectivity index (χ0n) is 4.54. The molecule has 0 aliphatic heterocycles. The summed E-state index contributed by atoms with van der Waals surface area (Å²) in [6.45, 7) is 0. The molecule has 0 aromatic carbocycles. The molecule has 8 heavy (non-hydrogen) atoms. The van der Waals surface area contributed by atoms with Gasteiger partial charge in [-0.3, -0.25) is 0 Å². The van der Waals surface area contributed by atoms with Gasteiger partial charge in [-0.05, 0) is 6.08 Å². The fourth-order valence-corrected chi connectivity index (χ4v) is 1.000. The van der Waals surface area contributed by atoms with Crippen molar-refractivity contribution in [1.82, 2.24) is 0 Å². The largest absolute Gasteiger partial charge is 0.402 e. The van der Waals surface area contributed by atoms with Crippen LogP contribution in [-0.2, 0) is 0 Å². The molecule has 1 atom stereocenters. The summed E-state index contributed by atoms with van der Waals surface area (Å²) in [5, 5.41) is 0.240. The van der Waals surface area contributed by atoms with Gasteiger partial charge in [-0.2, -0.15) is 12.6 Å². The third kappa shape index (κ3) is 1.30. The summed E-state index contributed by atoms with van der Waals surface area (Å²) >= 11 is 4.18. The summed E-state index contributed by atoms with van der Waals surface area (Å²) in [6, 6.07) is 0. The van der Waals surface area contributed by atoms with E-state index in [-0.39, 0.29) is 5.25 Å². The van der Waals surface area contributed by atoms with Crippen molar-refractivity contribution < 1.29 is 0 Å². The highest BCUT2D eigenvalue weighted by molar-refractivity contribution is 7.81. The van der Waals surface area contributed by atoms with Crippen molar-refractivity contribution in [2.45, 2.75) is 11.7 Å². The van der Waals surface area contributed by atoms with Gasteiger partial charge in [0.2, 0.25) is 0 Å². The number of rotatable bonds is 0. The number of hydrogen-bond acceptors (Lipinski definition) is 2. The lowest BCUT2D eigenvalue weighted by Crippen LogP contribution is -2.03. The molecule has 1 nitrogen and oxygen atoms in total. The van der Waals surface area contributed by atoms with Crippen LogP contribution >= 0.6 is 12.6 Å². The predicted octanol–water partition coefficient (Wildman–Crippen LogP) is 1.09. The molecule has 0 saturated heterocycles. The maximum Gasteiger partial charge on any atom is 0.0396 e. The van der Waals surface area contributed by atoms with Gasteiger partial charge in [-0.1, -0.05) is 12.2 Å². The fraction of sp³-hybridized carbons (Fsp3) is 0.333. The van der Waals surface area contributed by atoms with Crippen LogP contribution in [0, 0.1) is 0 Å². The Labute approximate surface area is 54.7 Å². The zero-order chi connectivity index (χ0) is 5.98. The van der Waals surface area contributed by atoms with Crippen LogP contribution in [0.1, 0.15) is 6.42 Å². The molecule has 0 radical (unpaired) electrons. The van der Waals surface area contributed by atoms with Crippen LogP contribution in [0.4, 0.5) is 0 Å². The summed E-state index contributed by atoms with van der Waals surface area (Å²) in [5.74, 6) is 0. The lowest BCUT2D eigenvalue weighted by atomic mass is 10.1. The van der Waals surface area contributed by atoms with E-state index in [0.29, 0.717) is 0 Å². The van der Waals surface area contributed by atoms with Crippen molar-refractivity contribution in [3.05, 3.63) is 23.9 Å². The summed E-state index contributed by atoms with van der Waals surface area (Å²) in [7, 11) is 0. The molecule has 0 saturated carbocycles. The highest BCUT2D eigenvalue weighted by Gasteiger charge is 1.98. The van der Waals surface area contributed by atoms with Crippen LogP contribution in [0.25, 0.3) is 0 Å². The van der Waals surface area contributed by atoms with Gasteiger partial charge >= 0.3 is 0 Å². The molecular weight excluding hydrogens is 118 g/mol. The first-order chi connectivity index (χ1) is 3.79. The van der Waals surface area contributed by atoms with Crippen molar-refractivity contribution in [2.75, 3.05) is 0 Å². The molecule has 44 valence electrons. The molecule has 1 rings (SSSR count). The van der Waals surface area contributed by atoms with E-state index in [4.69, 9.17) is 5.73 Å². The Morgan fingerprint density at radius 2 is 2.50 bits per heavy atom. The molecule has 1 aliphatic carbocycles. The van der Waals surface area contributed by atoms with Crippen LogP contribution in [0.2, 0.25) is 0 Å². The topological polar surface area (TPSA) is 26.0 Å². The molecular formula is C6H9NS. The fourth-order valence-electron chi connectivity index (χ4n) is 0.686. The van der Waals surface area contributed by atoms with E-state index in [1.807, 2.05) is 18.2 Å². The monoisotopic (exact) mass is 127 g/mol. The Balaban J connectivity index is 2.60. The quantitative estimate of drug-likeness (QED) is 0.369. The van der Waals surface area contributed by atoms with Gasteiger partial charge in [0.15, 0.2) is 0 Å². The zero-order valence-corrected chi connectivity index (χ0v) is 5.44. The molecule has 1 aliphatic rings. The van der Waals surface area contributed by atoms with Gasteiger partial charge in [-0.25, -0.2) is 0 Å². The second-order valence-electron chi connectivity index (χ2n) is 1.86. The standard InChI is InChI=1S/C6H9NS/c7-5-2-1-3-6(8)4-5/h1,3-4,6,8H,2,7H2/t6-/m1/s1. The summed E-state index contributed by atoms with van der Waals surface area (Å²) < 4.78 is 0. The van der Waals surface area contributed by atoms with Crippen molar-refractivity contribution in [1.29, 1.82) is 0 Å². The highest BCUT2D eigenvalue weighted by atomic mass is 32.1. The molecule has 0 heterocycles. The normalized spacial score (nSPS) is 27.6. The molecule has 0 aromatic rings. The Hall–Kier alpha value is -0.370. The molecule has 2 N–H and O–H groups in total. The van der Waals surface area contributed by atoms with E-state index < -0.39 is 0 Å². The van der Waals surface area contributed by atoms with Gasteiger partial charge in [0.25, 0.3) is 0 Å². The first kappa shape index (κ1) is 5.76. The lowest BCUT2D eigenvalue weighted by molar-refractivity contribution is 1.10. The van der Waals surface area contributed by atoms with Crippen LogP contribution in [0.3, 0.4) is 0 Å². The Kier molecular flexibility index (Phi) is 1.63. The molecule has 0 bridgehead atoms.